The minimum Gasteiger partial charge on any atom is -0.486 e. The largest absolute Gasteiger partial charge is 0.486 e. The van der Waals surface area contributed by atoms with E-state index in [-0.39, 0.29) is 11.4 Å². The van der Waals surface area contributed by atoms with Crippen LogP contribution in [0.5, 0.6) is 5.75 Å². The number of nitrogens with one attached hydrogen (secondary N) is 1. The molecule has 4 heterocycles. The number of benzene rings is 1. The molecule has 0 radical (unpaired) electrons. The molecule has 3 aromatic rings. The van der Waals surface area contributed by atoms with Gasteiger partial charge in [0.2, 0.25) is 5.82 Å². The Kier molecular flexibility index (Phi) is 3.75. The van der Waals surface area contributed by atoms with Crippen molar-refractivity contribution in [3.8, 4) is 28.6 Å². The molecule has 136 valence electrons. The van der Waals surface area contributed by atoms with Gasteiger partial charge in [-0.15, -0.1) is 0 Å². The summed E-state index contributed by atoms with van der Waals surface area (Å²) in [6, 6.07) is 9.15. The molecule has 2 aliphatic rings. The number of fused-ring (bicyclic) bond motifs is 1. The molecule has 1 N–H and O–H groups in total. The predicted molar refractivity (Wildman–Crippen MR) is 97.4 cm³/mol. The number of rotatable bonds is 2. The Morgan fingerprint density at radius 2 is 2.00 bits per heavy atom. The maximum atomic E-state index is 12.8. The highest BCUT2D eigenvalue weighted by molar-refractivity contribution is 6.01. The lowest BCUT2D eigenvalue weighted by atomic mass is 9.83. The van der Waals surface area contributed by atoms with E-state index in [1.165, 1.54) is 0 Å². The molecule has 27 heavy (non-hydrogen) atoms. The highest BCUT2D eigenvalue weighted by Gasteiger charge is 2.41. The predicted octanol–water partition coefficient (Wildman–Crippen LogP) is 2.89. The van der Waals surface area contributed by atoms with Gasteiger partial charge in [0.25, 0.3) is 5.89 Å². The first kappa shape index (κ1) is 16.1. The van der Waals surface area contributed by atoms with Gasteiger partial charge < -0.3 is 14.6 Å². The molecule has 1 saturated heterocycles. The van der Waals surface area contributed by atoms with Gasteiger partial charge in [-0.2, -0.15) is 4.98 Å². The molecule has 0 unspecified atom stereocenters. The van der Waals surface area contributed by atoms with E-state index in [4.69, 9.17) is 9.26 Å². The van der Waals surface area contributed by atoms with Crippen LogP contribution >= 0.6 is 0 Å². The van der Waals surface area contributed by atoms with Crippen LogP contribution in [0, 0.1) is 0 Å². The van der Waals surface area contributed by atoms with Crippen molar-refractivity contribution in [1.82, 2.24) is 20.4 Å². The number of Topliss-reactive ketones (excluding diaryl/α,β-unsaturated/α-hetero) is 1. The van der Waals surface area contributed by atoms with Crippen molar-refractivity contribution < 1.29 is 14.1 Å². The number of hydrogen-bond donors (Lipinski definition) is 1. The monoisotopic (exact) mass is 362 g/mol. The zero-order valence-corrected chi connectivity index (χ0v) is 14.6. The normalized spacial score (nSPS) is 18.1. The average Bonchev–Trinajstić information content (AvgIpc) is 3.19. The topological polar surface area (TPSA) is 90.1 Å². The third-order valence-corrected chi connectivity index (χ3v) is 5.20. The van der Waals surface area contributed by atoms with E-state index in [0.29, 0.717) is 35.0 Å². The first-order chi connectivity index (χ1) is 13.2. The summed E-state index contributed by atoms with van der Waals surface area (Å²) in [6.45, 7) is 1.75. The van der Waals surface area contributed by atoms with Gasteiger partial charge in [-0.05, 0) is 43.4 Å². The van der Waals surface area contributed by atoms with Crippen molar-refractivity contribution in [1.29, 1.82) is 0 Å². The van der Waals surface area contributed by atoms with E-state index in [0.717, 1.165) is 31.5 Å². The number of ether oxygens (including phenoxy) is 1. The maximum absolute atomic E-state index is 12.8. The van der Waals surface area contributed by atoms with E-state index >= 15 is 0 Å². The molecule has 7 nitrogen and oxygen atoms in total. The Morgan fingerprint density at radius 1 is 1.11 bits per heavy atom. The highest BCUT2D eigenvalue weighted by atomic mass is 16.5. The van der Waals surface area contributed by atoms with Crippen LogP contribution in [0.4, 0.5) is 0 Å². The Labute approximate surface area is 155 Å². The van der Waals surface area contributed by atoms with Gasteiger partial charge in [-0.1, -0.05) is 5.16 Å². The van der Waals surface area contributed by atoms with Crippen molar-refractivity contribution in [3.63, 3.8) is 0 Å². The summed E-state index contributed by atoms with van der Waals surface area (Å²) < 4.78 is 11.7. The molecule has 5 rings (SSSR count). The van der Waals surface area contributed by atoms with Crippen LogP contribution in [-0.2, 0) is 0 Å². The molecule has 0 saturated carbocycles. The smallest absolute Gasteiger partial charge is 0.258 e. The standard InChI is InChI=1S/C20H18N4O3/c25-16-11-20(5-8-21-9-6-20)26-17-4-3-13(10-15(16)17)19-23-18(24-27-19)14-2-1-7-22-12-14/h1-4,7,10,12,21H,5-6,8-9,11H2. The number of ketones is 1. The second kappa shape index (κ2) is 6.28. The molecule has 1 spiro atoms. The number of carbonyl (C=O) groups excluding carboxylic acids is 1. The summed E-state index contributed by atoms with van der Waals surface area (Å²) in [6.07, 6.45) is 5.47. The SMILES string of the molecule is O=C1CC2(CCNCC2)Oc2ccc(-c3nc(-c4cccnc4)no3)cc21. The maximum Gasteiger partial charge on any atom is 0.258 e. The Bertz CT molecular complexity index is 993. The van der Waals surface area contributed by atoms with Crippen molar-refractivity contribution in [2.45, 2.75) is 24.9 Å². The van der Waals surface area contributed by atoms with Crippen LogP contribution < -0.4 is 10.1 Å². The number of piperidine rings is 1. The van der Waals surface area contributed by atoms with Crippen molar-refractivity contribution in [2.24, 2.45) is 0 Å². The molecular weight excluding hydrogens is 344 g/mol. The molecule has 1 fully saturated rings. The summed E-state index contributed by atoms with van der Waals surface area (Å²) in [4.78, 5) is 21.3. The fourth-order valence-electron chi connectivity index (χ4n) is 3.74. The van der Waals surface area contributed by atoms with Crippen LogP contribution in [0.15, 0.2) is 47.2 Å². The van der Waals surface area contributed by atoms with Gasteiger partial charge >= 0.3 is 0 Å². The molecule has 0 bridgehead atoms. The first-order valence-corrected chi connectivity index (χ1v) is 9.04. The van der Waals surface area contributed by atoms with Crippen LogP contribution in [0.3, 0.4) is 0 Å². The molecule has 0 aliphatic carbocycles. The number of aromatic nitrogens is 3. The number of hydrogen-bond acceptors (Lipinski definition) is 7. The van der Waals surface area contributed by atoms with Crippen LogP contribution in [-0.4, -0.2) is 39.6 Å². The second-order valence-electron chi connectivity index (χ2n) is 7.01. The lowest BCUT2D eigenvalue weighted by molar-refractivity contribution is 0.0188. The highest BCUT2D eigenvalue weighted by Crippen LogP contribution is 2.39. The van der Waals surface area contributed by atoms with Crippen LogP contribution in [0.25, 0.3) is 22.8 Å². The molecule has 0 amide bonds. The van der Waals surface area contributed by atoms with Gasteiger partial charge in [0.1, 0.15) is 11.4 Å². The summed E-state index contributed by atoms with van der Waals surface area (Å²) in [7, 11) is 0. The van der Waals surface area contributed by atoms with Crippen LogP contribution in [0.2, 0.25) is 0 Å². The van der Waals surface area contributed by atoms with Gasteiger partial charge in [-0.3, -0.25) is 9.78 Å². The number of nitrogens with zero attached hydrogens (tertiary/aromatic N) is 3. The second-order valence-corrected chi connectivity index (χ2v) is 7.01. The zero-order valence-electron chi connectivity index (χ0n) is 14.6. The number of carbonyl (C=O) groups is 1. The van der Waals surface area contributed by atoms with E-state index in [2.05, 4.69) is 20.4 Å². The minimum absolute atomic E-state index is 0.104. The quantitative estimate of drug-likeness (QED) is 0.749. The summed E-state index contributed by atoms with van der Waals surface area (Å²) in [5.41, 5.74) is 1.69. The molecule has 2 aliphatic heterocycles. The lowest BCUT2D eigenvalue weighted by Gasteiger charge is -2.40. The third-order valence-electron chi connectivity index (χ3n) is 5.20. The van der Waals surface area contributed by atoms with Gasteiger partial charge in [0.15, 0.2) is 5.78 Å². The Morgan fingerprint density at radius 3 is 2.81 bits per heavy atom. The Balaban J connectivity index is 1.46. The lowest BCUT2D eigenvalue weighted by Crippen LogP contribution is -2.49. The minimum atomic E-state index is -0.366. The van der Waals surface area contributed by atoms with E-state index in [1.54, 1.807) is 18.5 Å². The van der Waals surface area contributed by atoms with Crippen molar-refractivity contribution >= 4 is 5.78 Å². The molecular formula is C20H18N4O3. The Hall–Kier alpha value is -3.06. The fraction of sp³-hybridized carbons (Fsp3) is 0.300. The van der Waals surface area contributed by atoms with E-state index in [1.807, 2.05) is 24.3 Å². The molecule has 1 aromatic carbocycles. The zero-order chi connectivity index (χ0) is 18.3. The van der Waals surface area contributed by atoms with E-state index in [9.17, 15) is 4.79 Å². The fourth-order valence-corrected chi connectivity index (χ4v) is 3.74. The first-order valence-electron chi connectivity index (χ1n) is 9.04. The number of pyridine rings is 1. The summed E-state index contributed by atoms with van der Waals surface area (Å²) >= 11 is 0. The average molecular weight is 362 g/mol. The van der Waals surface area contributed by atoms with Gasteiger partial charge in [-0.25, -0.2) is 0 Å². The van der Waals surface area contributed by atoms with Crippen LogP contribution in [0.1, 0.15) is 29.6 Å². The van der Waals surface area contributed by atoms with Gasteiger partial charge in [0, 0.05) is 36.4 Å². The van der Waals surface area contributed by atoms with Crippen molar-refractivity contribution in [3.05, 3.63) is 48.3 Å². The third kappa shape index (κ3) is 2.90. The summed E-state index contributed by atoms with van der Waals surface area (Å²) in [5, 5.41) is 7.33. The molecule has 0 atom stereocenters. The van der Waals surface area contributed by atoms with Crippen molar-refractivity contribution in [2.75, 3.05) is 13.1 Å². The summed E-state index contributed by atoms with van der Waals surface area (Å²) in [5.74, 6) is 1.58. The van der Waals surface area contributed by atoms with Gasteiger partial charge in [0.05, 0.1) is 12.0 Å². The molecule has 7 heteroatoms. The molecule has 2 aromatic heterocycles. The van der Waals surface area contributed by atoms with E-state index < -0.39 is 0 Å².